The number of para-hydroxylation sites is 1. The number of fused-ring (bicyclic) bond motifs is 1. The highest BCUT2D eigenvalue weighted by Gasteiger charge is 2.18. The van der Waals surface area contributed by atoms with Crippen LogP contribution in [0.15, 0.2) is 55.6 Å². The number of carboxylic acid groups (broad SMARTS) is 1. The SMILES string of the molecule is CC(Oc1c(Br)cc(Cl)cc1C=Nn1c(=O)[nH]c2ccccc2c1=O)C(=O)O. The summed E-state index contributed by atoms with van der Waals surface area (Å²) in [6.45, 7) is 1.36. The minimum absolute atomic E-state index is 0.160. The average molecular weight is 467 g/mol. The van der Waals surface area contributed by atoms with Crippen LogP contribution in [0.4, 0.5) is 0 Å². The number of H-pyrrole nitrogens is 1. The van der Waals surface area contributed by atoms with Crippen molar-refractivity contribution in [3.63, 3.8) is 0 Å². The van der Waals surface area contributed by atoms with Gasteiger partial charge in [0.25, 0.3) is 5.56 Å². The Morgan fingerprint density at radius 1 is 1.36 bits per heavy atom. The van der Waals surface area contributed by atoms with Gasteiger partial charge in [-0.15, -0.1) is 4.68 Å². The molecule has 2 aromatic carbocycles. The molecule has 3 aromatic rings. The van der Waals surface area contributed by atoms with E-state index >= 15 is 0 Å². The van der Waals surface area contributed by atoms with Crippen LogP contribution in [-0.2, 0) is 4.79 Å². The number of ether oxygens (including phenoxy) is 1. The van der Waals surface area contributed by atoms with Gasteiger partial charge in [-0.05, 0) is 47.1 Å². The van der Waals surface area contributed by atoms with Crippen LogP contribution in [0.1, 0.15) is 12.5 Å². The minimum atomic E-state index is -1.16. The zero-order valence-corrected chi connectivity index (χ0v) is 16.7. The van der Waals surface area contributed by atoms with Gasteiger partial charge in [0.15, 0.2) is 6.10 Å². The monoisotopic (exact) mass is 465 g/mol. The normalized spacial score (nSPS) is 12.4. The lowest BCUT2D eigenvalue weighted by Gasteiger charge is -2.14. The molecule has 144 valence electrons. The number of hydrogen-bond donors (Lipinski definition) is 2. The van der Waals surface area contributed by atoms with Crippen LogP contribution in [0.2, 0.25) is 5.02 Å². The first-order valence-electron chi connectivity index (χ1n) is 7.95. The molecule has 0 radical (unpaired) electrons. The highest BCUT2D eigenvalue weighted by atomic mass is 79.9. The van der Waals surface area contributed by atoms with Crippen LogP contribution in [0.5, 0.6) is 5.75 Å². The lowest BCUT2D eigenvalue weighted by Crippen LogP contribution is -2.32. The first-order valence-corrected chi connectivity index (χ1v) is 9.12. The molecule has 1 unspecified atom stereocenters. The van der Waals surface area contributed by atoms with E-state index in [9.17, 15) is 14.4 Å². The van der Waals surface area contributed by atoms with Gasteiger partial charge < -0.3 is 14.8 Å². The fourth-order valence-electron chi connectivity index (χ4n) is 2.41. The Morgan fingerprint density at radius 2 is 2.07 bits per heavy atom. The molecule has 10 heteroatoms. The number of aromatic amines is 1. The molecule has 0 aliphatic carbocycles. The van der Waals surface area contributed by atoms with E-state index in [1.807, 2.05) is 0 Å². The Labute approximate surface area is 171 Å². The van der Waals surface area contributed by atoms with Crippen LogP contribution in [0.25, 0.3) is 10.9 Å². The van der Waals surface area contributed by atoms with Crippen LogP contribution in [-0.4, -0.2) is 33.1 Å². The lowest BCUT2D eigenvalue weighted by atomic mass is 10.2. The molecule has 0 saturated carbocycles. The third-order valence-corrected chi connectivity index (χ3v) is 4.58. The number of benzene rings is 2. The number of aliphatic carboxylic acids is 1. The van der Waals surface area contributed by atoms with Gasteiger partial charge in [0.05, 0.1) is 21.6 Å². The smallest absolute Gasteiger partial charge is 0.349 e. The molecule has 1 heterocycles. The van der Waals surface area contributed by atoms with E-state index in [4.69, 9.17) is 21.4 Å². The summed E-state index contributed by atoms with van der Waals surface area (Å²) < 4.78 is 6.51. The quantitative estimate of drug-likeness (QED) is 0.561. The van der Waals surface area contributed by atoms with Crippen molar-refractivity contribution in [2.45, 2.75) is 13.0 Å². The summed E-state index contributed by atoms with van der Waals surface area (Å²) in [5, 5.41) is 13.6. The van der Waals surface area contributed by atoms with E-state index in [0.717, 1.165) is 0 Å². The number of carboxylic acids is 1. The molecule has 0 amide bonds. The van der Waals surface area contributed by atoms with Crippen LogP contribution in [0, 0.1) is 0 Å². The molecule has 0 saturated heterocycles. The number of nitrogens with zero attached hydrogens (tertiary/aromatic N) is 2. The zero-order valence-electron chi connectivity index (χ0n) is 14.3. The summed E-state index contributed by atoms with van der Waals surface area (Å²) in [4.78, 5) is 38.4. The molecule has 28 heavy (non-hydrogen) atoms. The lowest BCUT2D eigenvalue weighted by molar-refractivity contribution is -0.144. The maximum absolute atomic E-state index is 12.5. The van der Waals surface area contributed by atoms with Gasteiger partial charge in [0.1, 0.15) is 5.75 Å². The van der Waals surface area contributed by atoms with E-state index in [-0.39, 0.29) is 11.3 Å². The number of halogens is 2. The fourth-order valence-corrected chi connectivity index (χ4v) is 3.33. The van der Waals surface area contributed by atoms with Gasteiger partial charge in [0.2, 0.25) is 0 Å². The molecule has 0 bridgehead atoms. The van der Waals surface area contributed by atoms with Crippen molar-refractivity contribution in [1.82, 2.24) is 9.66 Å². The Balaban J connectivity index is 2.10. The highest BCUT2D eigenvalue weighted by Crippen LogP contribution is 2.32. The molecule has 1 aromatic heterocycles. The molecule has 0 aliphatic rings. The van der Waals surface area contributed by atoms with Gasteiger partial charge in [-0.1, -0.05) is 23.7 Å². The van der Waals surface area contributed by atoms with Gasteiger partial charge in [-0.25, -0.2) is 9.59 Å². The second-order valence-corrected chi connectivity index (χ2v) is 7.03. The van der Waals surface area contributed by atoms with Gasteiger partial charge in [-0.2, -0.15) is 5.10 Å². The van der Waals surface area contributed by atoms with Crippen LogP contribution in [0.3, 0.4) is 0 Å². The number of hydrogen-bond acceptors (Lipinski definition) is 5. The second-order valence-electron chi connectivity index (χ2n) is 5.74. The summed E-state index contributed by atoms with van der Waals surface area (Å²) >= 11 is 9.31. The Bertz CT molecular complexity index is 1220. The molecular weight excluding hydrogens is 454 g/mol. The summed E-state index contributed by atoms with van der Waals surface area (Å²) in [5.41, 5.74) is -0.638. The molecule has 0 fully saturated rings. The third-order valence-electron chi connectivity index (χ3n) is 3.78. The van der Waals surface area contributed by atoms with Crippen molar-refractivity contribution in [2.24, 2.45) is 5.10 Å². The van der Waals surface area contributed by atoms with Gasteiger partial charge in [0, 0.05) is 10.6 Å². The third kappa shape index (κ3) is 4.00. The largest absolute Gasteiger partial charge is 0.479 e. The van der Waals surface area contributed by atoms with Gasteiger partial charge in [-0.3, -0.25) is 4.79 Å². The van der Waals surface area contributed by atoms with Crippen molar-refractivity contribution in [1.29, 1.82) is 0 Å². The molecule has 1 atom stereocenters. The maximum Gasteiger partial charge on any atom is 0.349 e. The number of nitrogens with one attached hydrogen (secondary N) is 1. The Kier molecular flexibility index (Phi) is 5.66. The van der Waals surface area contributed by atoms with Crippen LogP contribution >= 0.6 is 27.5 Å². The molecule has 0 spiro atoms. The van der Waals surface area contributed by atoms with E-state index in [1.54, 1.807) is 24.3 Å². The van der Waals surface area contributed by atoms with Crippen molar-refractivity contribution in [2.75, 3.05) is 0 Å². The number of carbonyl (C=O) groups is 1. The van der Waals surface area contributed by atoms with E-state index < -0.39 is 23.3 Å². The van der Waals surface area contributed by atoms with Crippen molar-refractivity contribution in [3.8, 4) is 5.75 Å². The minimum Gasteiger partial charge on any atom is -0.479 e. The topological polar surface area (TPSA) is 114 Å². The summed E-state index contributed by atoms with van der Waals surface area (Å²) in [5.74, 6) is -1.000. The first kappa shape index (κ1) is 19.8. The molecule has 0 aliphatic heterocycles. The van der Waals surface area contributed by atoms with Crippen LogP contribution < -0.4 is 16.0 Å². The summed E-state index contributed by atoms with van der Waals surface area (Å²) in [6, 6.07) is 9.54. The molecule has 8 nitrogen and oxygen atoms in total. The van der Waals surface area contributed by atoms with E-state index in [1.165, 1.54) is 25.3 Å². The molecular formula is C18H13BrClN3O5. The second kappa shape index (κ2) is 7.99. The van der Waals surface area contributed by atoms with Gasteiger partial charge >= 0.3 is 11.7 Å². The molecule has 2 N–H and O–H groups in total. The fraction of sp³-hybridized carbons (Fsp3) is 0.111. The Hall–Kier alpha value is -2.91. The number of rotatable bonds is 5. The first-order chi connectivity index (χ1) is 13.3. The standard InChI is InChI=1S/C18H13BrClN3O5/c1-9(17(25)26)28-15-10(6-11(20)7-13(15)19)8-21-23-16(24)12-4-2-3-5-14(12)22-18(23)27/h2-9H,1H3,(H,22,27)(H,25,26). The Morgan fingerprint density at radius 3 is 2.79 bits per heavy atom. The molecule has 3 rings (SSSR count). The summed E-state index contributed by atoms with van der Waals surface area (Å²) in [7, 11) is 0. The predicted octanol–water partition coefficient (Wildman–Crippen LogP) is 2.84. The summed E-state index contributed by atoms with van der Waals surface area (Å²) in [6.07, 6.45) is 0.0582. The van der Waals surface area contributed by atoms with Crippen molar-refractivity contribution >= 4 is 50.6 Å². The highest BCUT2D eigenvalue weighted by molar-refractivity contribution is 9.10. The maximum atomic E-state index is 12.5. The predicted molar refractivity (Wildman–Crippen MR) is 109 cm³/mol. The average Bonchev–Trinajstić information content (AvgIpc) is 2.63. The van der Waals surface area contributed by atoms with Crippen molar-refractivity contribution < 1.29 is 14.6 Å². The van der Waals surface area contributed by atoms with E-state index in [2.05, 4.69) is 26.0 Å². The van der Waals surface area contributed by atoms with Crippen molar-refractivity contribution in [3.05, 3.63) is 72.3 Å². The zero-order chi connectivity index (χ0) is 20.4. The number of aromatic nitrogens is 2. The van der Waals surface area contributed by atoms with E-state index in [0.29, 0.717) is 25.1 Å².